The Morgan fingerprint density at radius 3 is 2.95 bits per heavy atom. The Bertz CT molecular complexity index is 460. The lowest BCUT2D eigenvalue weighted by molar-refractivity contribution is -0.146. The summed E-state index contributed by atoms with van der Waals surface area (Å²) in [5.41, 5.74) is -0.659. The Morgan fingerprint density at radius 2 is 2.37 bits per heavy atom. The van der Waals surface area contributed by atoms with Gasteiger partial charge in [-0.1, -0.05) is 19.8 Å². The van der Waals surface area contributed by atoms with E-state index in [1.165, 1.54) is 12.4 Å². The highest BCUT2D eigenvalue weighted by Gasteiger charge is 2.43. The van der Waals surface area contributed by atoms with Gasteiger partial charge in [-0.25, -0.2) is 9.59 Å². The van der Waals surface area contributed by atoms with Crippen LogP contribution in [-0.4, -0.2) is 32.8 Å². The van der Waals surface area contributed by atoms with Crippen LogP contribution in [0.5, 0.6) is 0 Å². The van der Waals surface area contributed by atoms with Gasteiger partial charge in [0.15, 0.2) is 0 Å². The van der Waals surface area contributed by atoms with Gasteiger partial charge in [-0.15, -0.1) is 0 Å². The fourth-order valence-electron chi connectivity index (χ4n) is 2.61. The van der Waals surface area contributed by atoms with Gasteiger partial charge in [0, 0.05) is 6.20 Å². The van der Waals surface area contributed by atoms with Crippen molar-refractivity contribution in [3.05, 3.63) is 12.4 Å². The molecule has 2 rings (SSSR count). The SMILES string of the molecule is CC1CCCC(NC(=O)Nc2cn[nH]c2)(C(=O)O)C1. The molecule has 1 fully saturated rings. The lowest BCUT2D eigenvalue weighted by Gasteiger charge is -2.36. The summed E-state index contributed by atoms with van der Waals surface area (Å²) < 4.78 is 0. The van der Waals surface area contributed by atoms with Crippen LogP contribution in [0.25, 0.3) is 0 Å². The molecule has 1 aliphatic rings. The lowest BCUT2D eigenvalue weighted by Crippen LogP contribution is -2.57. The highest BCUT2D eigenvalue weighted by atomic mass is 16.4. The topological polar surface area (TPSA) is 107 Å². The molecule has 0 aliphatic heterocycles. The largest absolute Gasteiger partial charge is 0.480 e. The van der Waals surface area contributed by atoms with Crippen molar-refractivity contribution in [3.63, 3.8) is 0 Å². The maximum absolute atomic E-state index is 11.9. The molecular formula is C12H18N4O3. The molecule has 1 heterocycles. The van der Waals surface area contributed by atoms with Crippen LogP contribution in [-0.2, 0) is 4.79 Å². The molecule has 0 radical (unpaired) electrons. The second kappa shape index (κ2) is 5.29. The van der Waals surface area contributed by atoms with Crippen molar-refractivity contribution in [1.82, 2.24) is 15.5 Å². The summed E-state index contributed by atoms with van der Waals surface area (Å²) in [6.45, 7) is 2.01. The molecule has 0 bridgehead atoms. The van der Waals surface area contributed by atoms with E-state index in [1.807, 2.05) is 6.92 Å². The summed E-state index contributed by atoms with van der Waals surface area (Å²) in [4.78, 5) is 23.4. The van der Waals surface area contributed by atoms with E-state index in [2.05, 4.69) is 20.8 Å². The monoisotopic (exact) mass is 266 g/mol. The first kappa shape index (κ1) is 13.4. The van der Waals surface area contributed by atoms with Gasteiger partial charge in [0.2, 0.25) is 0 Å². The number of nitrogens with one attached hydrogen (secondary N) is 3. The number of amides is 2. The summed E-state index contributed by atoms with van der Waals surface area (Å²) in [6, 6.07) is -0.516. The molecular weight excluding hydrogens is 248 g/mol. The number of carbonyl (C=O) groups is 2. The van der Waals surface area contributed by atoms with Gasteiger partial charge < -0.3 is 15.7 Å². The molecule has 4 N–H and O–H groups in total. The molecule has 0 aromatic carbocycles. The van der Waals surface area contributed by atoms with E-state index >= 15 is 0 Å². The molecule has 2 unspecified atom stereocenters. The van der Waals surface area contributed by atoms with Crippen LogP contribution in [0.2, 0.25) is 0 Å². The van der Waals surface area contributed by atoms with Gasteiger partial charge >= 0.3 is 12.0 Å². The lowest BCUT2D eigenvalue weighted by atomic mass is 9.76. The van der Waals surface area contributed by atoms with E-state index in [4.69, 9.17) is 0 Å². The van der Waals surface area contributed by atoms with Crippen molar-refractivity contribution in [2.45, 2.75) is 38.1 Å². The molecule has 2 atom stereocenters. The molecule has 104 valence electrons. The van der Waals surface area contributed by atoms with Gasteiger partial charge in [0.25, 0.3) is 0 Å². The molecule has 0 spiro atoms. The number of anilines is 1. The Balaban J connectivity index is 2.04. The average Bonchev–Trinajstić information content (AvgIpc) is 2.81. The molecule has 19 heavy (non-hydrogen) atoms. The van der Waals surface area contributed by atoms with E-state index in [0.29, 0.717) is 24.4 Å². The number of rotatable bonds is 3. The van der Waals surface area contributed by atoms with E-state index in [0.717, 1.165) is 12.8 Å². The summed E-state index contributed by atoms with van der Waals surface area (Å²) in [5.74, 6) is -0.680. The number of H-pyrrole nitrogens is 1. The van der Waals surface area contributed by atoms with Crippen LogP contribution < -0.4 is 10.6 Å². The van der Waals surface area contributed by atoms with Gasteiger partial charge in [0.1, 0.15) is 5.54 Å². The number of carboxylic acid groups (broad SMARTS) is 1. The first-order chi connectivity index (χ1) is 9.02. The third-order valence-corrected chi connectivity index (χ3v) is 3.52. The van der Waals surface area contributed by atoms with Gasteiger partial charge in [-0.3, -0.25) is 5.10 Å². The number of hydrogen-bond donors (Lipinski definition) is 4. The molecule has 7 heteroatoms. The van der Waals surface area contributed by atoms with Crippen LogP contribution in [0.1, 0.15) is 32.6 Å². The number of nitrogens with zero attached hydrogens (tertiary/aromatic N) is 1. The minimum absolute atomic E-state index is 0.291. The van der Waals surface area contributed by atoms with Crippen LogP contribution in [0.15, 0.2) is 12.4 Å². The number of hydrogen-bond acceptors (Lipinski definition) is 3. The first-order valence-electron chi connectivity index (χ1n) is 6.33. The van der Waals surface area contributed by atoms with E-state index in [1.54, 1.807) is 0 Å². The van der Waals surface area contributed by atoms with Crippen LogP contribution in [0.4, 0.5) is 10.5 Å². The number of aliphatic carboxylic acids is 1. The number of carbonyl (C=O) groups excluding carboxylic acids is 1. The van der Waals surface area contributed by atoms with Gasteiger partial charge in [0.05, 0.1) is 11.9 Å². The fraction of sp³-hybridized carbons (Fsp3) is 0.583. The predicted molar refractivity (Wildman–Crippen MR) is 68.7 cm³/mol. The fourth-order valence-corrected chi connectivity index (χ4v) is 2.61. The molecule has 0 saturated heterocycles. The second-order valence-electron chi connectivity index (χ2n) is 5.15. The minimum atomic E-state index is -1.16. The Labute approximate surface area is 110 Å². The zero-order valence-corrected chi connectivity index (χ0v) is 10.8. The van der Waals surface area contributed by atoms with E-state index in [9.17, 15) is 14.7 Å². The van der Waals surface area contributed by atoms with Crippen molar-refractivity contribution >= 4 is 17.7 Å². The van der Waals surface area contributed by atoms with Crippen LogP contribution >= 0.6 is 0 Å². The second-order valence-corrected chi connectivity index (χ2v) is 5.15. The van der Waals surface area contributed by atoms with E-state index < -0.39 is 17.5 Å². The van der Waals surface area contributed by atoms with Crippen LogP contribution in [0, 0.1) is 5.92 Å². The zero-order valence-electron chi connectivity index (χ0n) is 10.8. The summed E-state index contributed by atoms with van der Waals surface area (Å²) in [7, 11) is 0. The Kier molecular flexibility index (Phi) is 3.73. The maximum atomic E-state index is 11.9. The highest BCUT2D eigenvalue weighted by molar-refractivity contribution is 5.93. The van der Waals surface area contributed by atoms with Crippen molar-refractivity contribution in [1.29, 1.82) is 0 Å². The predicted octanol–water partition coefficient (Wildman–Crippen LogP) is 1.56. The molecule has 1 aromatic rings. The molecule has 7 nitrogen and oxygen atoms in total. The van der Waals surface area contributed by atoms with Gasteiger partial charge in [-0.05, 0) is 18.8 Å². The Morgan fingerprint density at radius 1 is 1.58 bits per heavy atom. The number of urea groups is 1. The molecule has 1 aromatic heterocycles. The van der Waals surface area contributed by atoms with Crippen molar-refractivity contribution in [3.8, 4) is 0 Å². The molecule has 1 aliphatic carbocycles. The summed E-state index contributed by atoms with van der Waals surface area (Å²) in [5, 5.41) is 20.9. The Hall–Kier alpha value is -2.05. The first-order valence-corrected chi connectivity index (χ1v) is 6.33. The number of carboxylic acids is 1. The van der Waals surface area contributed by atoms with Crippen molar-refractivity contribution in [2.75, 3.05) is 5.32 Å². The van der Waals surface area contributed by atoms with Crippen molar-refractivity contribution < 1.29 is 14.7 Å². The zero-order chi connectivity index (χ0) is 13.9. The quantitative estimate of drug-likeness (QED) is 0.666. The summed E-state index contributed by atoms with van der Waals surface area (Å²) in [6.07, 6.45) is 5.71. The van der Waals surface area contributed by atoms with Crippen LogP contribution in [0.3, 0.4) is 0 Å². The van der Waals surface area contributed by atoms with Crippen molar-refractivity contribution in [2.24, 2.45) is 5.92 Å². The molecule has 2 amide bonds. The molecule has 1 saturated carbocycles. The number of aromatic amines is 1. The maximum Gasteiger partial charge on any atom is 0.329 e. The summed E-state index contributed by atoms with van der Waals surface area (Å²) >= 11 is 0. The smallest absolute Gasteiger partial charge is 0.329 e. The minimum Gasteiger partial charge on any atom is -0.480 e. The third kappa shape index (κ3) is 3.04. The highest BCUT2D eigenvalue weighted by Crippen LogP contribution is 2.32. The van der Waals surface area contributed by atoms with Gasteiger partial charge in [-0.2, -0.15) is 5.10 Å². The average molecular weight is 266 g/mol. The normalized spacial score (nSPS) is 26.7. The third-order valence-electron chi connectivity index (χ3n) is 3.52. The standard InChI is InChI=1S/C12H18N4O3/c1-8-3-2-4-12(5-8,10(17)18)16-11(19)15-9-6-13-14-7-9/h6-8H,2-5H2,1H3,(H,13,14)(H,17,18)(H2,15,16,19). The number of aromatic nitrogens is 2. The van der Waals surface area contributed by atoms with E-state index in [-0.39, 0.29) is 0 Å².